The molecule has 2 saturated heterocycles. The molecule has 2 aliphatic heterocycles. The molecule has 0 atom stereocenters. The third kappa shape index (κ3) is 3.87. The molecule has 7 heteroatoms. The lowest BCUT2D eigenvalue weighted by Gasteiger charge is -2.29. The third-order valence-electron chi connectivity index (χ3n) is 4.43. The number of rotatable bonds is 4. The summed E-state index contributed by atoms with van der Waals surface area (Å²) in [5.41, 5.74) is 0.931. The van der Waals surface area contributed by atoms with Gasteiger partial charge in [0.15, 0.2) is 0 Å². The molecule has 23 heavy (non-hydrogen) atoms. The molecule has 0 radical (unpaired) electrons. The quantitative estimate of drug-likeness (QED) is 0.742. The summed E-state index contributed by atoms with van der Waals surface area (Å²) in [5, 5.41) is 30.8. The molecule has 7 nitrogen and oxygen atoms in total. The number of phenols is 3. The first-order chi connectivity index (χ1) is 11.1. The van der Waals surface area contributed by atoms with Crippen molar-refractivity contribution in [2.45, 2.75) is 13.1 Å². The van der Waals surface area contributed by atoms with E-state index < -0.39 is 0 Å². The first-order valence-corrected chi connectivity index (χ1v) is 8.01. The SMILES string of the molecule is Oc1cc(O)c(CN2CCOCC2)c(O)c1CN1CCOCC1. The van der Waals surface area contributed by atoms with Gasteiger partial charge >= 0.3 is 0 Å². The van der Waals surface area contributed by atoms with Crippen LogP contribution in [0, 0.1) is 0 Å². The fourth-order valence-electron chi connectivity index (χ4n) is 3.01. The van der Waals surface area contributed by atoms with Crippen molar-refractivity contribution in [1.29, 1.82) is 0 Å². The Bertz CT molecular complexity index is 496. The van der Waals surface area contributed by atoms with E-state index in [9.17, 15) is 15.3 Å². The number of hydrogen-bond donors (Lipinski definition) is 3. The van der Waals surface area contributed by atoms with Crippen molar-refractivity contribution in [1.82, 2.24) is 9.80 Å². The summed E-state index contributed by atoms with van der Waals surface area (Å²) in [7, 11) is 0. The molecule has 2 fully saturated rings. The van der Waals surface area contributed by atoms with Crippen LogP contribution in [0.15, 0.2) is 6.07 Å². The first-order valence-electron chi connectivity index (χ1n) is 8.01. The Kier molecular flexibility index (Phi) is 5.22. The zero-order valence-corrected chi connectivity index (χ0v) is 13.2. The van der Waals surface area contributed by atoms with Crippen molar-refractivity contribution < 1.29 is 24.8 Å². The van der Waals surface area contributed by atoms with E-state index in [0.717, 1.165) is 26.2 Å². The van der Waals surface area contributed by atoms with E-state index in [1.165, 1.54) is 6.07 Å². The van der Waals surface area contributed by atoms with Crippen LogP contribution in [0.5, 0.6) is 17.2 Å². The van der Waals surface area contributed by atoms with Gasteiger partial charge in [-0.3, -0.25) is 9.80 Å². The molecule has 3 rings (SSSR count). The molecule has 0 bridgehead atoms. The van der Waals surface area contributed by atoms with Crippen LogP contribution in [0.2, 0.25) is 0 Å². The maximum absolute atomic E-state index is 10.6. The van der Waals surface area contributed by atoms with Gasteiger partial charge in [-0.2, -0.15) is 0 Å². The topological polar surface area (TPSA) is 85.6 Å². The Hall–Kier alpha value is -1.54. The van der Waals surface area contributed by atoms with Gasteiger partial charge in [-0.15, -0.1) is 0 Å². The van der Waals surface area contributed by atoms with Gasteiger partial charge in [-0.25, -0.2) is 0 Å². The van der Waals surface area contributed by atoms with Gasteiger partial charge in [0.25, 0.3) is 0 Å². The average molecular weight is 324 g/mol. The number of phenolic OH excluding ortho intramolecular Hbond substituents is 3. The third-order valence-corrected chi connectivity index (χ3v) is 4.43. The van der Waals surface area contributed by atoms with Gasteiger partial charge in [0.2, 0.25) is 0 Å². The molecular formula is C16H24N2O5. The predicted molar refractivity (Wildman–Crippen MR) is 83.6 cm³/mol. The van der Waals surface area contributed by atoms with E-state index in [-0.39, 0.29) is 17.2 Å². The Labute approximate surface area is 135 Å². The summed E-state index contributed by atoms with van der Waals surface area (Å²) in [5.74, 6) is -0.157. The second kappa shape index (κ2) is 7.35. The van der Waals surface area contributed by atoms with Gasteiger partial charge in [0.05, 0.1) is 37.6 Å². The molecule has 0 saturated carbocycles. The molecule has 1 aromatic carbocycles. The van der Waals surface area contributed by atoms with E-state index >= 15 is 0 Å². The van der Waals surface area contributed by atoms with Crippen LogP contribution in [0.1, 0.15) is 11.1 Å². The summed E-state index contributed by atoms with van der Waals surface area (Å²) < 4.78 is 10.6. The second-order valence-corrected chi connectivity index (χ2v) is 6.00. The smallest absolute Gasteiger partial charge is 0.131 e. The number of hydrogen-bond acceptors (Lipinski definition) is 7. The highest BCUT2D eigenvalue weighted by molar-refractivity contribution is 5.55. The molecule has 0 aliphatic carbocycles. The zero-order valence-electron chi connectivity index (χ0n) is 13.2. The van der Waals surface area contributed by atoms with Crippen molar-refractivity contribution in [3.05, 3.63) is 17.2 Å². The minimum absolute atomic E-state index is 0.0134. The van der Waals surface area contributed by atoms with Gasteiger partial charge in [-0.1, -0.05) is 0 Å². The van der Waals surface area contributed by atoms with Crippen LogP contribution in [-0.4, -0.2) is 77.7 Å². The highest BCUT2D eigenvalue weighted by atomic mass is 16.5. The lowest BCUT2D eigenvalue weighted by Crippen LogP contribution is -2.36. The van der Waals surface area contributed by atoms with Gasteiger partial charge in [0.1, 0.15) is 17.2 Å². The molecule has 0 spiro atoms. The number of morpholine rings is 2. The summed E-state index contributed by atoms with van der Waals surface area (Å²) in [4.78, 5) is 4.24. The summed E-state index contributed by atoms with van der Waals surface area (Å²) in [6.07, 6.45) is 0. The van der Waals surface area contributed by atoms with Gasteiger partial charge < -0.3 is 24.8 Å². The molecular weight excluding hydrogens is 300 g/mol. The number of benzene rings is 1. The van der Waals surface area contributed by atoms with Crippen LogP contribution in [0.3, 0.4) is 0 Å². The second-order valence-electron chi connectivity index (χ2n) is 6.00. The van der Waals surface area contributed by atoms with E-state index in [1.807, 2.05) is 0 Å². The fraction of sp³-hybridized carbons (Fsp3) is 0.625. The fourth-order valence-corrected chi connectivity index (χ4v) is 3.01. The minimum atomic E-state index is -0.0720. The van der Waals surface area contributed by atoms with Crippen molar-refractivity contribution in [2.24, 2.45) is 0 Å². The molecule has 0 aromatic heterocycles. The average Bonchev–Trinajstić information content (AvgIpc) is 2.57. The highest BCUT2D eigenvalue weighted by Gasteiger charge is 2.22. The number of ether oxygens (including phenoxy) is 2. The maximum atomic E-state index is 10.6. The van der Waals surface area contributed by atoms with E-state index in [1.54, 1.807) is 0 Å². The maximum Gasteiger partial charge on any atom is 0.131 e. The van der Waals surface area contributed by atoms with E-state index in [2.05, 4.69) is 9.80 Å². The molecule has 0 amide bonds. The summed E-state index contributed by atoms with van der Waals surface area (Å²) >= 11 is 0. The Morgan fingerprint density at radius 2 is 1.13 bits per heavy atom. The van der Waals surface area contributed by atoms with E-state index in [0.29, 0.717) is 50.6 Å². The largest absolute Gasteiger partial charge is 0.507 e. The van der Waals surface area contributed by atoms with Crippen molar-refractivity contribution in [3.8, 4) is 17.2 Å². The lowest BCUT2D eigenvalue weighted by atomic mass is 10.0. The predicted octanol–water partition coefficient (Wildman–Crippen LogP) is 0.468. The van der Waals surface area contributed by atoms with Crippen molar-refractivity contribution in [3.63, 3.8) is 0 Å². The summed E-state index contributed by atoms with van der Waals surface area (Å²) in [6.45, 7) is 6.55. The van der Waals surface area contributed by atoms with Crippen LogP contribution in [0.25, 0.3) is 0 Å². The van der Waals surface area contributed by atoms with Crippen LogP contribution >= 0.6 is 0 Å². The Morgan fingerprint density at radius 1 is 0.739 bits per heavy atom. The van der Waals surface area contributed by atoms with Gasteiger partial charge in [-0.05, 0) is 0 Å². The Morgan fingerprint density at radius 3 is 1.52 bits per heavy atom. The molecule has 2 heterocycles. The normalized spacial score (nSPS) is 20.7. The molecule has 3 N–H and O–H groups in total. The zero-order chi connectivity index (χ0) is 16.2. The molecule has 128 valence electrons. The summed E-state index contributed by atoms with van der Waals surface area (Å²) in [6, 6.07) is 1.32. The Balaban J connectivity index is 1.79. The van der Waals surface area contributed by atoms with Crippen molar-refractivity contribution in [2.75, 3.05) is 52.6 Å². The standard InChI is InChI=1S/C16H24N2O5/c19-14-9-15(20)13(11-18-3-7-23-8-4-18)16(21)12(14)10-17-1-5-22-6-2-17/h9,19-21H,1-8,10-11H2. The molecule has 2 aliphatic rings. The van der Waals surface area contributed by atoms with E-state index in [4.69, 9.17) is 9.47 Å². The minimum Gasteiger partial charge on any atom is -0.507 e. The lowest BCUT2D eigenvalue weighted by molar-refractivity contribution is 0.0323. The van der Waals surface area contributed by atoms with Crippen LogP contribution in [0.4, 0.5) is 0 Å². The monoisotopic (exact) mass is 324 g/mol. The molecule has 0 unspecified atom stereocenters. The van der Waals surface area contributed by atoms with Crippen LogP contribution < -0.4 is 0 Å². The highest BCUT2D eigenvalue weighted by Crippen LogP contribution is 2.39. The van der Waals surface area contributed by atoms with Gasteiger partial charge in [0, 0.05) is 45.3 Å². The first kappa shape index (κ1) is 16.3. The van der Waals surface area contributed by atoms with Crippen molar-refractivity contribution >= 4 is 0 Å². The van der Waals surface area contributed by atoms with Crippen LogP contribution in [-0.2, 0) is 22.6 Å². The number of nitrogens with zero attached hydrogens (tertiary/aromatic N) is 2. The number of aromatic hydroxyl groups is 3. The molecule has 1 aromatic rings.